The van der Waals surface area contributed by atoms with Gasteiger partial charge in [-0.15, -0.1) is 0 Å². The second-order valence-corrected chi connectivity index (χ2v) is 5.90. The van der Waals surface area contributed by atoms with E-state index >= 15 is 0 Å². The molecule has 0 aliphatic carbocycles. The minimum atomic E-state index is 0.278. The molecule has 1 fully saturated rings. The summed E-state index contributed by atoms with van der Waals surface area (Å²) in [7, 11) is 0. The molecule has 1 atom stereocenters. The molecule has 1 aliphatic heterocycles. The van der Waals surface area contributed by atoms with Crippen LogP contribution in [0.25, 0.3) is 0 Å². The van der Waals surface area contributed by atoms with Crippen LogP contribution < -0.4 is 5.73 Å². The first-order valence-electron chi connectivity index (χ1n) is 6.41. The summed E-state index contributed by atoms with van der Waals surface area (Å²) < 4.78 is 5.22. The Balaban J connectivity index is 2.03. The van der Waals surface area contributed by atoms with Gasteiger partial charge in [-0.05, 0) is 25.1 Å². The maximum absolute atomic E-state index is 11.8. The van der Waals surface area contributed by atoms with Gasteiger partial charge in [0.2, 0.25) is 5.91 Å². The predicted molar refractivity (Wildman–Crippen MR) is 72.2 cm³/mol. The third kappa shape index (κ3) is 6.29. The van der Waals surface area contributed by atoms with Crippen molar-refractivity contribution >= 4 is 17.7 Å². The number of morpholine rings is 1. The third-order valence-electron chi connectivity index (χ3n) is 2.87. The zero-order valence-corrected chi connectivity index (χ0v) is 11.5. The second-order valence-electron chi connectivity index (χ2n) is 4.36. The number of hydrogen-bond donors (Lipinski definition) is 1. The standard InChI is InChI=1S/C12H24N2O2S/c1-11(4-5-13)17-10-2-3-12(15)14-6-8-16-9-7-14/h11H,2-10,13H2,1H3. The maximum Gasteiger partial charge on any atom is 0.222 e. The Hall–Kier alpha value is -0.260. The lowest BCUT2D eigenvalue weighted by Crippen LogP contribution is -2.40. The Bertz CT molecular complexity index is 221. The van der Waals surface area contributed by atoms with Gasteiger partial charge in [-0.1, -0.05) is 6.92 Å². The topological polar surface area (TPSA) is 55.6 Å². The summed E-state index contributed by atoms with van der Waals surface area (Å²) in [5.41, 5.74) is 5.49. The number of ether oxygens (including phenoxy) is 1. The minimum absolute atomic E-state index is 0.278. The number of carbonyl (C=O) groups excluding carboxylic acids is 1. The number of amides is 1. The van der Waals surface area contributed by atoms with E-state index < -0.39 is 0 Å². The van der Waals surface area contributed by atoms with Crippen molar-refractivity contribution in [2.24, 2.45) is 5.73 Å². The van der Waals surface area contributed by atoms with E-state index in [1.54, 1.807) is 0 Å². The molecule has 1 unspecified atom stereocenters. The quantitative estimate of drug-likeness (QED) is 0.696. The molecule has 1 saturated heterocycles. The van der Waals surface area contributed by atoms with Gasteiger partial charge in [-0.25, -0.2) is 0 Å². The molecule has 0 bridgehead atoms. The van der Waals surface area contributed by atoms with E-state index in [1.807, 2.05) is 16.7 Å². The lowest BCUT2D eigenvalue weighted by Gasteiger charge is -2.26. The molecule has 0 saturated carbocycles. The molecule has 100 valence electrons. The first kappa shape index (κ1) is 14.8. The van der Waals surface area contributed by atoms with Gasteiger partial charge in [-0.3, -0.25) is 4.79 Å². The van der Waals surface area contributed by atoms with Crippen LogP contribution in [0.2, 0.25) is 0 Å². The predicted octanol–water partition coefficient (Wildman–Crippen LogP) is 1.10. The summed E-state index contributed by atoms with van der Waals surface area (Å²) in [5, 5.41) is 0.610. The Morgan fingerprint density at radius 1 is 1.47 bits per heavy atom. The highest BCUT2D eigenvalue weighted by molar-refractivity contribution is 7.99. The van der Waals surface area contributed by atoms with Crippen molar-refractivity contribution in [1.29, 1.82) is 0 Å². The van der Waals surface area contributed by atoms with Gasteiger partial charge in [-0.2, -0.15) is 11.8 Å². The van der Waals surface area contributed by atoms with E-state index in [0.717, 1.165) is 38.2 Å². The smallest absolute Gasteiger partial charge is 0.222 e. The van der Waals surface area contributed by atoms with Crippen LogP contribution in [0.15, 0.2) is 0 Å². The highest BCUT2D eigenvalue weighted by atomic mass is 32.2. The highest BCUT2D eigenvalue weighted by Gasteiger charge is 2.16. The van der Waals surface area contributed by atoms with Crippen molar-refractivity contribution in [3.8, 4) is 0 Å². The molecule has 0 aromatic heterocycles. The zero-order chi connectivity index (χ0) is 12.5. The molecule has 17 heavy (non-hydrogen) atoms. The fourth-order valence-corrected chi connectivity index (χ4v) is 2.81. The lowest BCUT2D eigenvalue weighted by atomic mass is 10.3. The van der Waals surface area contributed by atoms with Crippen LogP contribution in [0.3, 0.4) is 0 Å². The molecule has 1 aliphatic rings. The fraction of sp³-hybridized carbons (Fsp3) is 0.917. The molecule has 1 rings (SSSR count). The summed E-state index contributed by atoms with van der Waals surface area (Å²) >= 11 is 1.91. The number of nitrogens with two attached hydrogens (primary N) is 1. The first-order valence-corrected chi connectivity index (χ1v) is 7.46. The van der Waals surface area contributed by atoms with Crippen molar-refractivity contribution in [3.63, 3.8) is 0 Å². The molecule has 0 aromatic rings. The van der Waals surface area contributed by atoms with Crippen molar-refractivity contribution in [2.45, 2.75) is 31.4 Å². The molecule has 1 amide bonds. The summed E-state index contributed by atoms with van der Waals surface area (Å²) in [4.78, 5) is 13.7. The van der Waals surface area contributed by atoms with E-state index in [0.29, 0.717) is 24.9 Å². The maximum atomic E-state index is 11.8. The minimum Gasteiger partial charge on any atom is -0.378 e. The van der Waals surface area contributed by atoms with E-state index in [4.69, 9.17) is 10.5 Å². The molecule has 2 N–H and O–H groups in total. The largest absolute Gasteiger partial charge is 0.378 e. The number of hydrogen-bond acceptors (Lipinski definition) is 4. The number of carbonyl (C=O) groups is 1. The van der Waals surface area contributed by atoms with Crippen molar-refractivity contribution in [1.82, 2.24) is 4.90 Å². The van der Waals surface area contributed by atoms with E-state index in [1.165, 1.54) is 0 Å². The zero-order valence-electron chi connectivity index (χ0n) is 10.7. The summed E-state index contributed by atoms with van der Waals surface area (Å²) in [6.45, 7) is 5.84. The van der Waals surface area contributed by atoms with Gasteiger partial charge in [0.25, 0.3) is 0 Å². The molecule has 0 radical (unpaired) electrons. The Labute approximate surface area is 108 Å². The highest BCUT2D eigenvalue weighted by Crippen LogP contribution is 2.15. The molecular weight excluding hydrogens is 236 g/mol. The van der Waals surface area contributed by atoms with E-state index in [2.05, 4.69) is 6.92 Å². The van der Waals surface area contributed by atoms with Gasteiger partial charge in [0.1, 0.15) is 0 Å². The van der Waals surface area contributed by atoms with Crippen molar-refractivity contribution in [3.05, 3.63) is 0 Å². The van der Waals surface area contributed by atoms with Gasteiger partial charge in [0.05, 0.1) is 13.2 Å². The molecule has 4 nitrogen and oxygen atoms in total. The Morgan fingerprint density at radius 3 is 2.82 bits per heavy atom. The Morgan fingerprint density at radius 2 is 2.18 bits per heavy atom. The van der Waals surface area contributed by atoms with Crippen LogP contribution in [0.4, 0.5) is 0 Å². The van der Waals surface area contributed by atoms with Crippen LogP contribution in [-0.2, 0) is 9.53 Å². The Kier molecular flexibility index (Phi) is 7.64. The van der Waals surface area contributed by atoms with Gasteiger partial charge < -0.3 is 15.4 Å². The van der Waals surface area contributed by atoms with Crippen LogP contribution in [-0.4, -0.2) is 54.7 Å². The number of thioether (sulfide) groups is 1. The normalized spacial score (nSPS) is 18.1. The van der Waals surface area contributed by atoms with Crippen LogP contribution in [0.5, 0.6) is 0 Å². The summed E-state index contributed by atoms with van der Waals surface area (Å²) in [6, 6.07) is 0. The van der Waals surface area contributed by atoms with Gasteiger partial charge >= 0.3 is 0 Å². The van der Waals surface area contributed by atoms with Crippen LogP contribution in [0.1, 0.15) is 26.2 Å². The van der Waals surface area contributed by atoms with Crippen molar-refractivity contribution in [2.75, 3.05) is 38.6 Å². The second kappa shape index (κ2) is 8.78. The number of rotatable bonds is 7. The summed E-state index contributed by atoms with van der Waals surface area (Å²) in [6.07, 6.45) is 2.69. The fourth-order valence-electron chi connectivity index (χ4n) is 1.80. The van der Waals surface area contributed by atoms with E-state index in [9.17, 15) is 4.79 Å². The third-order valence-corrected chi connectivity index (χ3v) is 4.20. The lowest BCUT2D eigenvalue weighted by molar-refractivity contribution is -0.135. The molecule has 5 heteroatoms. The monoisotopic (exact) mass is 260 g/mol. The average molecular weight is 260 g/mol. The van der Waals surface area contributed by atoms with Gasteiger partial charge in [0, 0.05) is 24.8 Å². The first-order chi connectivity index (χ1) is 8.24. The average Bonchev–Trinajstić information content (AvgIpc) is 2.36. The SMILES string of the molecule is CC(CCN)SCCCC(=O)N1CCOCC1. The van der Waals surface area contributed by atoms with Crippen LogP contribution in [0, 0.1) is 0 Å². The molecular formula is C12H24N2O2S. The van der Waals surface area contributed by atoms with Crippen LogP contribution >= 0.6 is 11.8 Å². The summed E-state index contributed by atoms with van der Waals surface area (Å²) in [5.74, 6) is 1.33. The van der Waals surface area contributed by atoms with Crippen molar-refractivity contribution < 1.29 is 9.53 Å². The van der Waals surface area contributed by atoms with E-state index in [-0.39, 0.29) is 5.91 Å². The molecule has 1 heterocycles. The van der Waals surface area contributed by atoms with Gasteiger partial charge in [0.15, 0.2) is 0 Å². The number of nitrogens with zero attached hydrogens (tertiary/aromatic N) is 1. The molecule has 0 spiro atoms. The molecule has 0 aromatic carbocycles.